The number of carbonyl (C=O) groups is 1. The highest BCUT2D eigenvalue weighted by atomic mass is 16.4. The molecule has 1 N–H and O–H groups in total. The van der Waals surface area contributed by atoms with Crippen molar-refractivity contribution in [3.8, 4) is 0 Å². The van der Waals surface area contributed by atoms with Crippen LogP contribution in [0.2, 0.25) is 0 Å². The van der Waals surface area contributed by atoms with Gasteiger partial charge in [-0.15, -0.1) is 0 Å². The average Bonchev–Trinajstić information content (AvgIpc) is 2.79. The molecule has 4 heteroatoms. The van der Waals surface area contributed by atoms with Gasteiger partial charge in [-0.2, -0.15) is 0 Å². The van der Waals surface area contributed by atoms with Crippen LogP contribution in [-0.2, 0) is 6.54 Å². The van der Waals surface area contributed by atoms with E-state index in [1.54, 1.807) is 0 Å². The van der Waals surface area contributed by atoms with Crippen LogP contribution in [0.15, 0.2) is 28.7 Å². The predicted octanol–water partition coefficient (Wildman–Crippen LogP) is 3.51. The van der Waals surface area contributed by atoms with Gasteiger partial charge in [-0.25, -0.2) is 4.79 Å². The summed E-state index contributed by atoms with van der Waals surface area (Å²) in [6, 6.07) is 7.83. The fourth-order valence-electron chi connectivity index (χ4n) is 3.02. The highest BCUT2D eigenvalue weighted by Gasteiger charge is 2.25. The molecule has 1 aliphatic heterocycles. The first-order valence-electron chi connectivity index (χ1n) is 7.14. The van der Waals surface area contributed by atoms with E-state index in [0.717, 1.165) is 6.54 Å². The summed E-state index contributed by atoms with van der Waals surface area (Å²) in [6.07, 6.45) is 3.60. The number of fused-ring (bicyclic) bond motifs is 1. The zero-order valence-corrected chi connectivity index (χ0v) is 11.6. The molecule has 1 aromatic heterocycles. The Labute approximate surface area is 118 Å². The average molecular weight is 273 g/mol. The third kappa shape index (κ3) is 2.31. The summed E-state index contributed by atoms with van der Waals surface area (Å²) < 4.78 is 5.79. The Bertz CT molecular complexity index is 632. The molecule has 1 atom stereocenters. The molecular weight excluding hydrogens is 254 g/mol. The molecule has 3 rings (SSSR count). The van der Waals surface area contributed by atoms with Crippen molar-refractivity contribution in [3.63, 3.8) is 0 Å². The van der Waals surface area contributed by atoms with Gasteiger partial charge in [-0.05, 0) is 32.4 Å². The second kappa shape index (κ2) is 5.29. The van der Waals surface area contributed by atoms with E-state index in [1.165, 1.54) is 19.3 Å². The molecule has 1 unspecified atom stereocenters. The van der Waals surface area contributed by atoms with E-state index in [2.05, 4.69) is 11.8 Å². The van der Waals surface area contributed by atoms with Crippen LogP contribution in [0.5, 0.6) is 0 Å². The van der Waals surface area contributed by atoms with Crippen molar-refractivity contribution in [1.82, 2.24) is 4.90 Å². The maximum Gasteiger partial charge on any atom is 0.339 e. The lowest BCUT2D eigenvalue weighted by atomic mass is 10.0. The normalized spacial score (nSPS) is 20.4. The van der Waals surface area contributed by atoms with Gasteiger partial charge in [0.2, 0.25) is 0 Å². The first-order valence-corrected chi connectivity index (χ1v) is 7.14. The van der Waals surface area contributed by atoms with E-state index in [0.29, 0.717) is 34.9 Å². The second-order valence-corrected chi connectivity index (χ2v) is 5.52. The number of rotatable bonds is 3. The number of aromatic carboxylic acids is 1. The van der Waals surface area contributed by atoms with Gasteiger partial charge in [0.15, 0.2) is 0 Å². The predicted molar refractivity (Wildman–Crippen MR) is 76.9 cm³/mol. The number of benzene rings is 1. The number of hydrogen-bond donors (Lipinski definition) is 1. The molecule has 0 amide bonds. The molecule has 1 aromatic carbocycles. The largest absolute Gasteiger partial charge is 0.478 e. The third-order valence-electron chi connectivity index (χ3n) is 4.17. The van der Waals surface area contributed by atoms with E-state index in [9.17, 15) is 9.90 Å². The summed E-state index contributed by atoms with van der Waals surface area (Å²) >= 11 is 0. The minimum absolute atomic E-state index is 0.318. The number of furan rings is 1. The van der Waals surface area contributed by atoms with E-state index >= 15 is 0 Å². The van der Waals surface area contributed by atoms with Gasteiger partial charge in [0.1, 0.15) is 16.9 Å². The number of hydrogen-bond acceptors (Lipinski definition) is 3. The molecule has 0 radical (unpaired) electrons. The minimum Gasteiger partial charge on any atom is -0.478 e. The summed E-state index contributed by atoms with van der Waals surface area (Å²) in [7, 11) is 0. The van der Waals surface area contributed by atoms with Crippen LogP contribution in [-0.4, -0.2) is 28.6 Å². The standard InChI is InChI=1S/C16H19NO3/c1-11-6-4-5-9-17(11)10-14-15(16(18)19)12-7-2-3-8-13(12)20-14/h2-3,7-8,11H,4-6,9-10H2,1H3,(H,18,19). The van der Waals surface area contributed by atoms with Crippen molar-refractivity contribution < 1.29 is 14.3 Å². The Morgan fingerprint density at radius 1 is 1.40 bits per heavy atom. The van der Waals surface area contributed by atoms with Crippen molar-refractivity contribution >= 4 is 16.9 Å². The molecule has 0 aliphatic carbocycles. The van der Waals surface area contributed by atoms with Crippen molar-refractivity contribution in [2.75, 3.05) is 6.54 Å². The summed E-state index contributed by atoms with van der Waals surface area (Å²) in [6.45, 7) is 3.79. The van der Waals surface area contributed by atoms with Crippen molar-refractivity contribution in [2.45, 2.75) is 38.8 Å². The molecule has 2 aromatic rings. The lowest BCUT2D eigenvalue weighted by Gasteiger charge is -2.32. The summed E-state index contributed by atoms with van der Waals surface area (Å²) in [5.41, 5.74) is 0.975. The highest BCUT2D eigenvalue weighted by Crippen LogP contribution is 2.28. The smallest absolute Gasteiger partial charge is 0.339 e. The number of piperidine rings is 1. The van der Waals surface area contributed by atoms with Crippen molar-refractivity contribution in [1.29, 1.82) is 0 Å². The van der Waals surface area contributed by atoms with E-state index < -0.39 is 5.97 Å². The quantitative estimate of drug-likeness (QED) is 0.929. The zero-order valence-electron chi connectivity index (χ0n) is 11.6. The minimum atomic E-state index is -0.908. The lowest BCUT2D eigenvalue weighted by molar-refractivity contribution is 0.0691. The number of para-hydroxylation sites is 1. The van der Waals surface area contributed by atoms with Crippen LogP contribution >= 0.6 is 0 Å². The van der Waals surface area contributed by atoms with Crippen LogP contribution in [0, 0.1) is 0 Å². The summed E-state index contributed by atoms with van der Waals surface area (Å²) in [5, 5.41) is 10.2. The Hall–Kier alpha value is -1.81. The maximum atomic E-state index is 11.5. The van der Waals surface area contributed by atoms with Crippen LogP contribution < -0.4 is 0 Å². The summed E-state index contributed by atoms with van der Waals surface area (Å²) in [4.78, 5) is 13.9. The van der Waals surface area contributed by atoms with Crippen molar-refractivity contribution in [2.24, 2.45) is 0 Å². The van der Waals surface area contributed by atoms with Gasteiger partial charge >= 0.3 is 5.97 Å². The number of likely N-dealkylation sites (tertiary alicyclic amines) is 1. The molecule has 0 bridgehead atoms. The van der Waals surface area contributed by atoms with E-state index in [-0.39, 0.29) is 0 Å². The highest BCUT2D eigenvalue weighted by molar-refractivity contribution is 6.03. The Balaban J connectivity index is 1.98. The molecule has 106 valence electrons. The van der Waals surface area contributed by atoms with Crippen LogP contribution in [0.3, 0.4) is 0 Å². The molecule has 0 saturated carbocycles. The maximum absolute atomic E-state index is 11.5. The Kier molecular flexibility index (Phi) is 3.49. The SMILES string of the molecule is CC1CCCCN1Cc1oc2ccccc2c1C(=O)O. The molecule has 1 aliphatic rings. The van der Waals surface area contributed by atoms with Gasteiger partial charge in [-0.3, -0.25) is 4.90 Å². The molecule has 1 saturated heterocycles. The zero-order chi connectivity index (χ0) is 14.1. The molecule has 1 fully saturated rings. The molecule has 0 spiro atoms. The number of carboxylic acids is 1. The molecule has 4 nitrogen and oxygen atoms in total. The second-order valence-electron chi connectivity index (χ2n) is 5.52. The van der Waals surface area contributed by atoms with E-state index in [4.69, 9.17) is 4.42 Å². The molecule has 2 heterocycles. The van der Waals surface area contributed by atoms with Crippen LogP contribution in [0.25, 0.3) is 11.0 Å². The van der Waals surface area contributed by atoms with Gasteiger partial charge in [-0.1, -0.05) is 24.6 Å². The first kappa shape index (κ1) is 13.2. The van der Waals surface area contributed by atoms with Gasteiger partial charge in [0.05, 0.1) is 6.54 Å². The van der Waals surface area contributed by atoms with Gasteiger partial charge in [0, 0.05) is 11.4 Å². The monoisotopic (exact) mass is 273 g/mol. The number of nitrogens with zero attached hydrogens (tertiary/aromatic N) is 1. The van der Waals surface area contributed by atoms with Crippen LogP contribution in [0.1, 0.15) is 42.3 Å². The van der Waals surface area contributed by atoms with Gasteiger partial charge in [0.25, 0.3) is 0 Å². The van der Waals surface area contributed by atoms with Gasteiger partial charge < -0.3 is 9.52 Å². The fraction of sp³-hybridized carbons (Fsp3) is 0.438. The fourth-order valence-corrected chi connectivity index (χ4v) is 3.02. The topological polar surface area (TPSA) is 53.7 Å². The number of carboxylic acid groups (broad SMARTS) is 1. The Morgan fingerprint density at radius 2 is 2.20 bits per heavy atom. The first-order chi connectivity index (χ1) is 9.66. The Morgan fingerprint density at radius 3 is 2.95 bits per heavy atom. The molecular formula is C16H19NO3. The summed E-state index contributed by atoms with van der Waals surface area (Å²) in [5.74, 6) is -0.331. The van der Waals surface area contributed by atoms with E-state index in [1.807, 2.05) is 24.3 Å². The lowest BCUT2D eigenvalue weighted by Crippen LogP contribution is -2.36. The molecule has 20 heavy (non-hydrogen) atoms. The van der Waals surface area contributed by atoms with Crippen LogP contribution in [0.4, 0.5) is 0 Å². The van der Waals surface area contributed by atoms with Crippen molar-refractivity contribution in [3.05, 3.63) is 35.6 Å². The third-order valence-corrected chi connectivity index (χ3v) is 4.17.